The Bertz CT molecular complexity index is 3510. The number of aromatic amines is 1. The Morgan fingerprint density at radius 3 is 2.16 bits per heavy atom. The lowest BCUT2D eigenvalue weighted by atomic mass is 9.98. The van der Waals surface area contributed by atoms with E-state index in [4.69, 9.17) is 9.47 Å². The summed E-state index contributed by atoms with van der Waals surface area (Å²) >= 11 is 0. The van der Waals surface area contributed by atoms with Crippen LogP contribution in [0.3, 0.4) is 0 Å². The first-order valence-electron chi connectivity index (χ1n) is 25.2. The van der Waals surface area contributed by atoms with Crippen LogP contribution in [0.25, 0.3) is 33.0 Å². The maximum atomic E-state index is 15.3. The van der Waals surface area contributed by atoms with Crippen molar-refractivity contribution in [2.75, 3.05) is 70.5 Å². The highest BCUT2D eigenvalue weighted by atomic mass is 19.1. The van der Waals surface area contributed by atoms with Crippen LogP contribution in [0.4, 0.5) is 14.9 Å². The summed E-state index contributed by atoms with van der Waals surface area (Å²) in [5.74, 6) is -2.31. The van der Waals surface area contributed by atoms with Crippen LogP contribution in [0.2, 0.25) is 0 Å². The smallest absolute Gasteiger partial charge is 0.410 e. The number of carbonyl (C=O) groups excluding carboxylic acids is 4. The quantitative estimate of drug-likeness (QED) is 0.0822. The summed E-state index contributed by atoms with van der Waals surface area (Å²) in [4.78, 5) is 90.7. The van der Waals surface area contributed by atoms with Gasteiger partial charge in [0.25, 0.3) is 17.4 Å². The molecule has 3 aromatic heterocycles. The molecule has 7 aromatic rings. The van der Waals surface area contributed by atoms with E-state index in [1.54, 1.807) is 85.6 Å². The van der Waals surface area contributed by atoms with Crippen LogP contribution in [0.15, 0.2) is 156 Å². The van der Waals surface area contributed by atoms with E-state index >= 15 is 4.39 Å². The summed E-state index contributed by atoms with van der Waals surface area (Å²) in [5, 5.41) is 10.7. The fourth-order valence-corrected chi connectivity index (χ4v) is 9.91. The standard InChI is InChI=1S/C59H58FN9O8/c1-37(2)69(38(3)4)52-32-41(40-19-21-53(70)65(5)34-40)33-62-55(52)57(73)61-22-28-76-29-27-68(59(75)77-36-49-44-14-8-6-12-42(44)43-13-7-9-15-45(43)49)35-54(71)66-23-25-67(26-24-66)58(74)48-30-39(18-20-50(48)60)31-51-46-16-10-11-17-47(46)56(72)64-63-51/h6-21,30,32-34,49H,1,3,22-29,31,35-36H2,2,4-5H3,(H,61,73)(H,64,72). The van der Waals surface area contributed by atoms with Gasteiger partial charge in [-0.1, -0.05) is 86.0 Å². The molecule has 4 amide bonds. The second-order valence-corrected chi connectivity index (χ2v) is 19.1. The number of nitrogens with zero attached hydrogens (tertiary/aromatic N) is 7. The Kier molecular flexibility index (Phi) is 15.9. The van der Waals surface area contributed by atoms with Gasteiger partial charge in [0, 0.05) is 99.5 Å². The number of allylic oxidation sites excluding steroid dienone is 2. The van der Waals surface area contributed by atoms with E-state index in [0.29, 0.717) is 44.7 Å². The molecule has 0 atom stereocenters. The molecule has 17 nitrogen and oxygen atoms in total. The van der Waals surface area contributed by atoms with Gasteiger partial charge in [0.1, 0.15) is 19.0 Å². The minimum Gasteiger partial charge on any atom is -0.448 e. The van der Waals surface area contributed by atoms with E-state index in [0.717, 1.165) is 27.8 Å². The number of pyridine rings is 2. The number of hydrogen-bond acceptors (Lipinski definition) is 11. The minimum atomic E-state index is -0.717. The zero-order valence-corrected chi connectivity index (χ0v) is 43.1. The third-order valence-corrected chi connectivity index (χ3v) is 13.8. The summed E-state index contributed by atoms with van der Waals surface area (Å²) < 4.78 is 28.7. The monoisotopic (exact) mass is 1040 g/mol. The Balaban J connectivity index is 0.836. The molecule has 0 saturated carbocycles. The lowest BCUT2D eigenvalue weighted by molar-refractivity contribution is -0.133. The predicted molar refractivity (Wildman–Crippen MR) is 291 cm³/mol. The average Bonchev–Trinajstić information content (AvgIpc) is 3.78. The van der Waals surface area contributed by atoms with E-state index < -0.39 is 23.7 Å². The number of rotatable bonds is 18. The van der Waals surface area contributed by atoms with E-state index in [1.165, 1.54) is 32.6 Å². The van der Waals surface area contributed by atoms with Gasteiger partial charge in [-0.05, 0) is 77.6 Å². The molecule has 18 heteroatoms. The first-order valence-corrected chi connectivity index (χ1v) is 25.2. The molecule has 0 bridgehead atoms. The van der Waals surface area contributed by atoms with Crippen molar-refractivity contribution in [3.05, 3.63) is 206 Å². The van der Waals surface area contributed by atoms with E-state index in [-0.39, 0.29) is 106 Å². The van der Waals surface area contributed by atoms with Gasteiger partial charge in [-0.2, -0.15) is 5.10 Å². The van der Waals surface area contributed by atoms with Gasteiger partial charge in [-0.3, -0.25) is 28.9 Å². The first kappa shape index (κ1) is 52.8. The first-order chi connectivity index (χ1) is 37.2. The van der Waals surface area contributed by atoms with Crippen molar-refractivity contribution in [2.24, 2.45) is 7.05 Å². The number of fused-ring (bicyclic) bond motifs is 4. The number of halogens is 1. The molecule has 1 aliphatic carbocycles. The number of carbonyl (C=O) groups is 4. The van der Waals surface area contributed by atoms with Crippen molar-refractivity contribution in [1.82, 2.24) is 39.8 Å². The molecular weight excluding hydrogens is 982 g/mol. The van der Waals surface area contributed by atoms with Crippen molar-refractivity contribution in [1.29, 1.82) is 0 Å². The number of H-pyrrole nitrogens is 1. The molecule has 1 fully saturated rings. The second kappa shape index (κ2) is 23.2. The molecule has 2 N–H and O–H groups in total. The lowest BCUT2D eigenvalue weighted by Gasteiger charge is -2.36. The minimum absolute atomic E-state index is 0.00831. The lowest BCUT2D eigenvalue weighted by Crippen LogP contribution is -2.53. The summed E-state index contributed by atoms with van der Waals surface area (Å²) in [7, 11) is 1.65. The van der Waals surface area contributed by atoms with Crippen molar-refractivity contribution < 1.29 is 33.0 Å². The summed E-state index contributed by atoms with van der Waals surface area (Å²) in [5.41, 5.74) is 7.93. The number of anilines is 1. The van der Waals surface area contributed by atoms with Gasteiger partial charge in [-0.25, -0.2) is 19.3 Å². The summed E-state index contributed by atoms with van der Waals surface area (Å²) in [6, 6.07) is 32.2. The fraction of sp³-hybridized carbons (Fsp3) is 0.254. The number of benzene rings is 4. The van der Waals surface area contributed by atoms with Crippen molar-refractivity contribution in [3.63, 3.8) is 0 Å². The van der Waals surface area contributed by atoms with Gasteiger partial charge in [-0.15, -0.1) is 0 Å². The van der Waals surface area contributed by atoms with Crippen molar-refractivity contribution >= 4 is 40.3 Å². The van der Waals surface area contributed by atoms with Gasteiger partial charge in [0.2, 0.25) is 11.5 Å². The normalized spacial score (nSPS) is 12.9. The topological polar surface area (TPSA) is 192 Å². The molecule has 4 heterocycles. The number of aryl methyl sites for hydroxylation is 1. The van der Waals surface area contributed by atoms with Crippen LogP contribution in [0.5, 0.6) is 0 Å². The zero-order chi connectivity index (χ0) is 54.3. The number of ether oxygens (including phenoxy) is 2. The Hall–Kier alpha value is -9.03. The van der Waals surface area contributed by atoms with Crippen molar-refractivity contribution in [2.45, 2.75) is 26.2 Å². The predicted octanol–water partition coefficient (Wildman–Crippen LogP) is 7.27. The Labute approximate surface area is 443 Å². The number of piperazine rings is 1. The summed E-state index contributed by atoms with van der Waals surface area (Å²) in [6.45, 7) is 12.0. The SMILES string of the molecule is C=C(C)N(C(=C)C)c1cc(-c2ccc(=O)n(C)c2)cnc1C(=O)NCCOCCN(CC(=O)N1CCN(C(=O)c2cc(Cc3n[nH]c(=O)c4ccccc34)ccc2F)CC1)C(=O)OCC1c2ccccc2-c2ccccc21. The third-order valence-electron chi connectivity index (χ3n) is 13.8. The molecule has 9 rings (SSSR count). The Morgan fingerprint density at radius 2 is 1.47 bits per heavy atom. The van der Waals surface area contributed by atoms with Crippen LogP contribution in [-0.2, 0) is 27.7 Å². The highest BCUT2D eigenvalue weighted by molar-refractivity contribution is 5.99. The van der Waals surface area contributed by atoms with E-state index in [2.05, 4.69) is 33.7 Å². The Morgan fingerprint density at radius 1 is 0.805 bits per heavy atom. The van der Waals surface area contributed by atoms with Crippen LogP contribution in [0, 0.1) is 5.82 Å². The summed E-state index contributed by atoms with van der Waals surface area (Å²) in [6.07, 6.45) is 2.77. The number of hydrogen-bond donors (Lipinski definition) is 2. The molecular formula is C59H58FN9O8. The van der Waals surface area contributed by atoms with Gasteiger partial charge < -0.3 is 34.1 Å². The number of nitrogens with one attached hydrogen (secondary N) is 2. The van der Waals surface area contributed by atoms with Crippen LogP contribution >= 0.6 is 0 Å². The highest BCUT2D eigenvalue weighted by Crippen LogP contribution is 2.44. The molecule has 77 heavy (non-hydrogen) atoms. The maximum Gasteiger partial charge on any atom is 0.410 e. The number of aromatic nitrogens is 4. The van der Waals surface area contributed by atoms with Crippen LogP contribution < -0.4 is 21.3 Å². The molecule has 0 radical (unpaired) electrons. The zero-order valence-electron chi connectivity index (χ0n) is 43.1. The van der Waals surface area contributed by atoms with E-state index in [1.807, 2.05) is 48.5 Å². The largest absolute Gasteiger partial charge is 0.448 e. The van der Waals surface area contributed by atoms with Gasteiger partial charge in [0.15, 0.2) is 5.69 Å². The van der Waals surface area contributed by atoms with Gasteiger partial charge >= 0.3 is 6.09 Å². The van der Waals surface area contributed by atoms with Crippen molar-refractivity contribution in [3.8, 4) is 22.3 Å². The average molecular weight is 1040 g/mol. The maximum absolute atomic E-state index is 15.3. The fourth-order valence-electron chi connectivity index (χ4n) is 9.91. The van der Waals surface area contributed by atoms with E-state index in [9.17, 15) is 28.8 Å². The molecule has 1 saturated heterocycles. The third kappa shape index (κ3) is 11.6. The molecule has 4 aromatic carbocycles. The van der Waals surface area contributed by atoms with Gasteiger partial charge in [0.05, 0.1) is 35.5 Å². The van der Waals surface area contributed by atoms with Crippen LogP contribution in [-0.4, -0.2) is 124 Å². The molecule has 0 spiro atoms. The molecule has 2 aliphatic rings. The molecule has 0 unspecified atom stereocenters. The number of amides is 4. The van der Waals surface area contributed by atoms with Crippen LogP contribution in [0.1, 0.15) is 63.0 Å². The second-order valence-electron chi connectivity index (χ2n) is 19.1. The molecule has 394 valence electrons. The molecule has 1 aliphatic heterocycles. The highest BCUT2D eigenvalue weighted by Gasteiger charge is 2.32.